The highest BCUT2D eigenvalue weighted by atomic mass is 16.4. The zero-order valence-corrected chi connectivity index (χ0v) is 11.7. The van der Waals surface area contributed by atoms with Crippen molar-refractivity contribution < 1.29 is 9.90 Å². The molecule has 0 radical (unpaired) electrons. The first-order valence-electron chi connectivity index (χ1n) is 6.49. The second-order valence-corrected chi connectivity index (χ2v) is 5.52. The van der Waals surface area contributed by atoms with E-state index in [4.69, 9.17) is 5.11 Å². The summed E-state index contributed by atoms with van der Waals surface area (Å²) in [6, 6.07) is 3.24. The lowest BCUT2D eigenvalue weighted by atomic mass is 9.85. The highest BCUT2D eigenvalue weighted by Gasteiger charge is 2.25. The largest absolute Gasteiger partial charge is 0.478 e. The van der Waals surface area contributed by atoms with Gasteiger partial charge >= 0.3 is 5.97 Å². The summed E-state index contributed by atoms with van der Waals surface area (Å²) in [5.41, 5.74) is 0.936. The molecule has 0 saturated carbocycles. The van der Waals surface area contributed by atoms with Gasteiger partial charge in [-0.05, 0) is 24.0 Å². The fraction of sp³-hybridized carbons (Fsp3) is 0.500. The van der Waals surface area contributed by atoms with E-state index in [1.54, 1.807) is 22.7 Å². The lowest BCUT2D eigenvalue weighted by molar-refractivity contribution is 0.0696. The van der Waals surface area contributed by atoms with Crippen LogP contribution in [0.5, 0.6) is 0 Å². The number of nitrogens with zero attached hydrogens (tertiary/aromatic N) is 3. The number of hydrogen-bond acceptors (Lipinski definition) is 3. The minimum Gasteiger partial charge on any atom is -0.478 e. The molecule has 0 unspecified atom stereocenters. The Morgan fingerprint density at radius 3 is 2.32 bits per heavy atom. The van der Waals surface area contributed by atoms with Crippen LogP contribution < -0.4 is 0 Å². The van der Waals surface area contributed by atoms with Crippen LogP contribution in [0.25, 0.3) is 5.65 Å². The molecule has 0 amide bonds. The van der Waals surface area contributed by atoms with Crippen LogP contribution in [-0.2, 0) is 0 Å². The van der Waals surface area contributed by atoms with E-state index in [1.165, 1.54) is 0 Å². The van der Waals surface area contributed by atoms with Gasteiger partial charge in [0.25, 0.3) is 0 Å². The molecule has 1 N–H and O–H groups in total. The predicted octanol–water partition coefficient (Wildman–Crippen LogP) is 2.82. The first kappa shape index (κ1) is 13.5. The van der Waals surface area contributed by atoms with Crippen molar-refractivity contribution in [3.8, 4) is 0 Å². The molecule has 2 aromatic heterocycles. The molecule has 0 fully saturated rings. The first-order valence-corrected chi connectivity index (χ1v) is 6.49. The van der Waals surface area contributed by atoms with Crippen LogP contribution in [-0.4, -0.2) is 25.7 Å². The average molecular weight is 261 g/mol. The zero-order valence-electron chi connectivity index (χ0n) is 11.7. The van der Waals surface area contributed by atoms with Gasteiger partial charge in [0.2, 0.25) is 0 Å². The topological polar surface area (TPSA) is 67.5 Å². The third kappa shape index (κ3) is 2.45. The number of pyridine rings is 1. The third-order valence-electron chi connectivity index (χ3n) is 3.41. The predicted molar refractivity (Wildman–Crippen MR) is 72.4 cm³/mol. The Labute approximate surface area is 112 Å². The van der Waals surface area contributed by atoms with Crippen LogP contribution in [0.15, 0.2) is 18.3 Å². The van der Waals surface area contributed by atoms with E-state index < -0.39 is 5.97 Å². The van der Waals surface area contributed by atoms with Crippen molar-refractivity contribution in [3.05, 3.63) is 29.7 Å². The molecule has 5 heteroatoms. The van der Waals surface area contributed by atoms with Gasteiger partial charge in [0.15, 0.2) is 5.65 Å². The molecule has 0 aliphatic carbocycles. The maximum absolute atomic E-state index is 11.1. The van der Waals surface area contributed by atoms with Crippen molar-refractivity contribution in [2.75, 3.05) is 0 Å². The molecule has 0 aromatic carbocycles. The molecule has 0 spiro atoms. The quantitative estimate of drug-likeness (QED) is 0.919. The van der Waals surface area contributed by atoms with Crippen molar-refractivity contribution >= 4 is 11.6 Å². The first-order chi connectivity index (χ1) is 8.91. The van der Waals surface area contributed by atoms with Crippen molar-refractivity contribution in [2.24, 2.45) is 11.8 Å². The SMILES string of the molecule is CC(C)C(c1nnc2ccc(C(=O)O)cn12)C(C)C. The lowest BCUT2D eigenvalue weighted by Gasteiger charge is -2.23. The summed E-state index contributed by atoms with van der Waals surface area (Å²) >= 11 is 0. The van der Waals surface area contributed by atoms with Crippen LogP contribution in [0.2, 0.25) is 0 Å². The van der Waals surface area contributed by atoms with E-state index in [-0.39, 0.29) is 11.5 Å². The molecule has 102 valence electrons. The van der Waals surface area contributed by atoms with Gasteiger partial charge in [-0.15, -0.1) is 10.2 Å². The molecule has 0 atom stereocenters. The van der Waals surface area contributed by atoms with E-state index in [0.717, 1.165) is 5.82 Å². The van der Waals surface area contributed by atoms with Crippen molar-refractivity contribution in [1.29, 1.82) is 0 Å². The fourth-order valence-corrected chi connectivity index (χ4v) is 2.63. The molecule has 2 aromatic rings. The third-order valence-corrected chi connectivity index (χ3v) is 3.41. The molecule has 5 nitrogen and oxygen atoms in total. The second kappa shape index (κ2) is 4.99. The smallest absolute Gasteiger partial charge is 0.337 e. The molecule has 19 heavy (non-hydrogen) atoms. The molecule has 2 rings (SSSR count). The monoisotopic (exact) mass is 261 g/mol. The molecular formula is C14H19N3O2. The molecule has 0 aliphatic rings. The lowest BCUT2D eigenvalue weighted by Crippen LogP contribution is -2.17. The van der Waals surface area contributed by atoms with Crippen LogP contribution >= 0.6 is 0 Å². The van der Waals surface area contributed by atoms with Crippen molar-refractivity contribution in [1.82, 2.24) is 14.6 Å². The van der Waals surface area contributed by atoms with Crippen molar-refractivity contribution in [2.45, 2.75) is 33.6 Å². The molecule has 0 bridgehead atoms. The number of carbonyl (C=O) groups is 1. The summed E-state index contributed by atoms with van der Waals surface area (Å²) in [7, 11) is 0. The number of aromatic carboxylic acids is 1. The Hall–Kier alpha value is -1.91. The van der Waals surface area contributed by atoms with Gasteiger partial charge in [-0.25, -0.2) is 4.79 Å². The molecular weight excluding hydrogens is 242 g/mol. The van der Waals surface area contributed by atoms with E-state index in [1.807, 2.05) is 0 Å². The highest BCUT2D eigenvalue weighted by Crippen LogP contribution is 2.30. The maximum Gasteiger partial charge on any atom is 0.337 e. The number of aromatic nitrogens is 3. The second-order valence-electron chi connectivity index (χ2n) is 5.52. The Kier molecular flexibility index (Phi) is 3.55. The summed E-state index contributed by atoms with van der Waals surface area (Å²) in [6.07, 6.45) is 1.60. The summed E-state index contributed by atoms with van der Waals surface area (Å²) < 4.78 is 1.80. The van der Waals surface area contributed by atoms with Gasteiger partial charge in [-0.2, -0.15) is 0 Å². The van der Waals surface area contributed by atoms with Gasteiger partial charge in [0, 0.05) is 12.1 Å². The van der Waals surface area contributed by atoms with Gasteiger partial charge in [0.1, 0.15) is 5.82 Å². The van der Waals surface area contributed by atoms with Crippen LogP contribution in [0.4, 0.5) is 0 Å². The van der Waals surface area contributed by atoms with E-state index >= 15 is 0 Å². The summed E-state index contributed by atoms with van der Waals surface area (Å²) in [5.74, 6) is 0.983. The number of rotatable bonds is 4. The van der Waals surface area contributed by atoms with E-state index in [9.17, 15) is 4.79 Å². The van der Waals surface area contributed by atoms with Gasteiger partial charge in [-0.3, -0.25) is 4.40 Å². The highest BCUT2D eigenvalue weighted by molar-refractivity contribution is 5.87. The van der Waals surface area contributed by atoms with Crippen LogP contribution in [0.1, 0.15) is 49.8 Å². The minimum absolute atomic E-state index is 0.249. The number of carboxylic acids is 1. The normalized spacial score (nSPS) is 11.9. The standard InChI is InChI=1S/C14H19N3O2/c1-8(2)12(9(3)4)13-16-15-11-6-5-10(14(18)19)7-17(11)13/h5-9,12H,1-4H3,(H,18,19). The van der Waals surface area contributed by atoms with E-state index in [2.05, 4.69) is 37.9 Å². The number of hydrogen-bond donors (Lipinski definition) is 1. The molecule has 0 saturated heterocycles. The van der Waals surface area contributed by atoms with Crippen LogP contribution in [0, 0.1) is 11.8 Å². The minimum atomic E-state index is -0.938. The van der Waals surface area contributed by atoms with Crippen LogP contribution in [0.3, 0.4) is 0 Å². The number of carboxylic acid groups (broad SMARTS) is 1. The summed E-state index contributed by atoms with van der Waals surface area (Å²) in [5, 5.41) is 17.5. The van der Waals surface area contributed by atoms with Gasteiger partial charge in [-0.1, -0.05) is 27.7 Å². The Bertz CT molecular complexity index is 594. The maximum atomic E-state index is 11.1. The summed E-state index contributed by atoms with van der Waals surface area (Å²) in [4.78, 5) is 11.1. The summed E-state index contributed by atoms with van der Waals surface area (Å²) in [6.45, 7) is 8.58. The Balaban J connectivity index is 2.59. The van der Waals surface area contributed by atoms with Gasteiger partial charge in [0.05, 0.1) is 5.56 Å². The Morgan fingerprint density at radius 2 is 1.79 bits per heavy atom. The number of fused-ring (bicyclic) bond motifs is 1. The zero-order chi connectivity index (χ0) is 14.2. The molecule has 0 aliphatic heterocycles. The fourth-order valence-electron chi connectivity index (χ4n) is 2.63. The van der Waals surface area contributed by atoms with Gasteiger partial charge < -0.3 is 5.11 Å². The Morgan fingerprint density at radius 1 is 1.16 bits per heavy atom. The van der Waals surface area contributed by atoms with Crippen molar-refractivity contribution in [3.63, 3.8) is 0 Å². The average Bonchev–Trinajstić information content (AvgIpc) is 2.71. The van der Waals surface area contributed by atoms with E-state index in [0.29, 0.717) is 17.5 Å². The molecule has 2 heterocycles.